The van der Waals surface area contributed by atoms with Crippen LogP contribution < -0.4 is 10.1 Å². The van der Waals surface area contributed by atoms with Gasteiger partial charge in [0.1, 0.15) is 11.8 Å². The first-order chi connectivity index (χ1) is 10.5. The molecule has 118 valence electrons. The third kappa shape index (κ3) is 3.55. The molecule has 1 aliphatic heterocycles. The number of rotatable bonds is 5. The lowest BCUT2D eigenvalue weighted by Crippen LogP contribution is -2.56. The topological polar surface area (TPSA) is 95.9 Å². The van der Waals surface area contributed by atoms with Gasteiger partial charge in [-0.15, -0.1) is 0 Å². The van der Waals surface area contributed by atoms with Gasteiger partial charge < -0.3 is 20.1 Å². The van der Waals surface area contributed by atoms with Crippen molar-refractivity contribution in [3.63, 3.8) is 0 Å². The molecule has 1 fully saturated rings. The Labute approximate surface area is 127 Å². The van der Waals surface area contributed by atoms with Crippen molar-refractivity contribution in [2.24, 2.45) is 0 Å². The quantitative estimate of drug-likeness (QED) is 0.826. The minimum atomic E-state index is -1.09. The number of nitrogens with zero attached hydrogens (tertiary/aromatic N) is 1. The molecule has 0 saturated carbocycles. The van der Waals surface area contributed by atoms with Crippen LogP contribution in [0.2, 0.25) is 0 Å². The van der Waals surface area contributed by atoms with E-state index in [0.29, 0.717) is 30.8 Å². The summed E-state index contributed by atoms with van der Waals surface area (Å²) in [6.45, 7) is 2.25. The predicted octanol–water partition coefficient (Wildman–Crippen LogP) is 0.501. The minimum absolute atomic E-state index is 0.152. The highest BCUT2D eigenvalue weighted by Crippen LogP contribution is 2.18. The van der Waals surface area contributed by atoms with Crippen molar-refractivity contribution in [3.05, 3.63) is 29.8 Å². The van der Waals surface area contributed by atoms with Gasteiger partial charge in [0.15, 0.2) is 6.61 Å². The standard InChI is InChI=1S/C15H18N2O5/c1-2-12-14(20)16-6-7-17(12)15(21)10-4-3-5-11(8-10)22-9-13(18)19/h3-5,8,12H,2,6-7,9H2,1H3,(H,16,20)(H,18,19). The molecule has 0 radical (unpaired) electrons. The van der Waals surface area contributed by atoms with Crippen molar-refractivity contribution >= 4 is 17.8 Å². The monoisotopic (exact) mass is 306 g/mol. The third-order valence-electron chi connectivity index (χ3n) is 3.42. The van der Waals surface area contributed by atoms with Crippen LogP contribution in [0.1, 0.15) is 23.7 Å². The van der Waals surface area contributed by atoms with Crippen molar-refractivity contribution in [1.82, 2.24) is 10.2 Å². The van der Waals surface area contributed by atoms with Gasteiger partial charge in [0.25, 0.3) is 5.91 Å². The highest BCUT2D eigenvalue weighted by molar-refractivity contribution is 5.98. The first-order valence-corrected chi connectivity index (χ1v) is 7.06. The Kier molecular flexibility index (Phi) is 4.98. The summed E-state index contributed by atoms with van der Waals surface area (Å²) < 4.78 is 5.07. The zero-order valence-corrected chi connectivity index (χ0v) is 12.2. The van der Waals surface area contributed by atoms with E-state index < -0.39 is 18.6 Å². The maximum atomic E-state index is 12.6. The second-order valence-electron chi connectivity index (χ2n) is 4.92. The largest absolute Gasteiger partial charge is 0.482 e. The normalized spacial score (nSPS) is 17.8. The van der Waals surface area contributed by atoms with Crippen LogP contribution in [0.25, 0.3) is 0 Å². The minimum Gasteiger partial charge on any atom is -0.482 e. The smallest absolute Gasteiger partial charge is 0.341 e. The molecule has 2 amide bonds. The zero-order chi connectivity index (χ0) is 16.1. The Balaban J connectivity index is 2.16. The van der Waals surface area contributed by atoms with E-state index in [9.17, 15) is 14.4 Å². The Bertz CT molecular complexity index is 587. The Morgan fingerprint density at radius 2 is 2.23 bits per heavy atom. The number of carboxylic acid groups (broad SMARTS) is 1. The molecule has 0 spiro atoms. The van der Waals surface area contributed by atoms with Gasteiger partial charge in [-0.25, -0.2) is 4.79 Å². The summed E-state index contributed by atoms with van der Waals surface area (Å²) >= 11 is 0. The molecule has 2 N–H and O–H groups in total. The number of carboxylic acids is 1. The first-order valence-electron chi connectivity index (χ1n) is 7.06. The molecule has 1 saturated heterocycles. The summed E-state index contributed by atoms with van der Waals surface area (Å²) in [5.74, 6) is -1.19. The highest BCUT2D eigenvalue weighted by atomic mass is 16.5. The number of hydrogen-bond donors (Lipinski definition) is 2. The van der Waals surface area contributed by atoms with Crippen LogP contribution >= 0.6 is 0 Å². The van der Waals surface area contributed by atoms with Crippen molar-refractivity contribution < 1.29 is 24.2 Å². The summed E-state index contributed by atoms with van der Waals surface area (Å²) in [6, 6.07) is 5.83. The molecule has 1 heterocycles. The molecule has 1 aromatic rings. The van der Waals surface area contributed by atoms with Gasteiger partial charge in [-0.2, -0.15) is 0 Å². The number of ether oxygens (including phenoxy) is 1. The van der Waals surface area contributed by atoms with Gasteiger partial charge in [-0.1, -0.05) is 13.0 Å². The third-order valence-corrected chi connectivity index (χ3v) is 3.42. The molecular weight excluding hydrogens is 288 g/mol. The van der Waals surface area contributed by atoms with Gasteiger partial charge in [0.05, 0.1) is 0 Å². The van der Waals surface area contributed by atoms with Gasteiger partial charge in [0, 0.05) is 18.7 Å². The molecule has 1 unspecified atom stereocenters. The summed E-state index contributed by atoms with van der Waals surface area (Å²) in [7, 11) is 0. The van der Waals surface area contributed by atoms with E-state index >= 15 is 0 Å². The lowest BCUT2D eigenvalue weighted by atomic mass is 10.1. The van der Waals surface area contributed by atoms with Crippen molar-refractivity contribution in [1.29, 1.82) is 0 Å². The SMILES string of the molecule is CCC1C(=O)NCCN1C(=O)c1cccc(OCC(=O)O)c1. The number of aliphatic carboxylic acids is 1. The summed E-state index contributed by atoms with van der Waals surface area (Å²) in [5, 5.41) is 11.3. The lowest BCUT2D eigenvalue weighted by molar-refractivity contribution is -0.139. The Morgan fingerprint density at radius 1 is 1.45 bits per heavy atom. The van der Waals surface area contributed by atoms with E-state index in [-0.39, 0.29) is 11.8 Å². The summed E-state index contributed by atoms with van der Waals surface area (Å²) in [6.07, 6.45) is 0.535. The maximum absolute atomic E-state index is 12.6. The molecule has 1 aliphatic rings. The fourth-order valence-corrected chi connectivity index (χ4v) is 2.39. The summed E-state index contributed by atoms with van der Waals surface area (Å²) in [4.78, 5) is 36.4. The van der Waals surface area contributed by atoms with E-state index in [1.165, 1.54) is 11.0 Å². The van der Waals surface area contributed by atoms with Crippen molar-refractivity contribution in [2.75, 3.05) is 19.7 Å². The van der Waals surface area contributed by atoms with Crippen LogP contribution in [0, 0.1) is 0 Å². The van der Waals surface area contributed by atoms with Crippen LogP contribution in [0.5, 0.6) is 5.75 Å². The van der Waals surface area contributed by atoms with Crippen LogP contribution in [-0.2, 0) is 9.59 Å². The fraction of sp³-hybridized carbons (Fsp3) is 0.400. The van der Waals surface area contributed by atoms with Gasteiger partial charge in [0.2, 0.25) is 5.91 Å². The zero-order valence-electron chi connectivity index (χ0n) is 12.2. The number of amides is 2. The fourth-order valence-electron chi connectivity index (χ4n) is 2.39. The van der Waals surface area contributed by atoms with E-state index in [2.05, 4.69) is 5.32 Å². The highest BCUT2D eigenvalue weighted by Gasteiger charge is 2.32. The number of hydrogen-bond acceptors (Lipinski definition) is 4. The van der Waals surface area contributed by atoms with E-state index in [4.69, 9.17) is 9.84 Å². The van der Waals surface area contributed by atoms with E-state index in [1.54, 1.807) is 18.2 Å². The maximum Gasteiger partial charge on any atom is 0.341 e. The van der Waals surface area contributed by atoms with Crippen LogP contribution in [0.3, 0.4) is 0 Å². The Morgan fingerprint density at radius 3 is 2.91 bits per heavy atom. The molecule has 7 heteroatoms. The second-order valence-corrected chi connectivity index (χ2v) is 4.92. The average molecular weight is 306 g/mol. The van der Waals surface area contributed by atoms with Crippen LogP contribution in [-0.4, -0.2) is 53.5 Å². The molecule has 7 nitrogen and oxygen atoms in total. The molecule has 0 bridgehead atoms. The van der Waals surface area contributed by atoms with Crippen LogP contribution in [0.15, 0.2) is 24.3 Å². The average Bonchev–Trinajstić information content (AvgIpc) is 2.52. The molecule has 0 aromatic heterocycles. The number of carbonyl (C=O) groups is 3. The molecule has 1 aromatic carbocycles. The van der Waals surface area contributed by atoms with Gasteiger partial charge in [-0.3, -0.25) is 9.59 Å². The van der Waals surface area contributed by atoms with Crippen LogP contribution in [0.4, 0.5) is 0 Å². The van der Waals surface area contributed by atoms with Gasteiger partial charge in [-0.05, 0) is 24.6 Å². The lowest BCUT2D eigenvalue weighted by Gasteiger charge is -2.34. The first kappa shape index (κ1) is 15.8. The molecular formula is C15H18N2O5. The Hall–Kier alpha value is -2.57. The number of carbonyl (C=O) groups excluding carboxylic acids is 2. The number of benzene rings is 1. The summed E-state index contributed by atoms with van der Waals surface area (Å²) in [5.41, 5.74) is 0.371. The molecule has 1 atom stereocenters. The molecule has 22 heavy (non-hydrogen) atoms. The van der Waals surface area contributed by atoms with Crippen molar-refractivity contribution in [3.8, 4) is 5.75 Å². The van der Waals surface area contributed by atoms with E-state index in [1.807, 2.05) is 6.92 Å². The van der Waals surface area contributed by atoms with Gasteiger partial charge >= 0.3 is 5.97 Å². The molecule has 2 rings (SSSR count). The van der Waals surface area contributed by atoms with Crippen molar-refractivity contribution in [2.45, 2.75) is 19.4 Å². The second kappa shape index (κ2) is 6.93. The number of piperazine rings is 1. The molecule has 0 aliphatic carbocycles. The van der Waals surface area contributed by atoms with E-state index in [0.717, 1.165) is 0 Å². The predicted molar refractivity (Wildman–Crippen MR) is 77.7 cm³/mol. The number of nitrogens with one attached hydrogen (secondary N) is 1.